The van der Waals surface area contributed by atoms with E-state index in [9.17, 15) is 4.79 Å². The van der Waals surface area contributed by atoms with E-state index in [1.807, 2.05) is 36.5 Å². The summed E-state index contributed by atoms with van der Waals surface area (Å²) in [6.45, 7) is 7.78. The smallest absolute Gasteiger partial charge is 0.268 e. The van der Waals surface area contributed by atoms with Crippen LogP contribution >= 0.6 is 11.3 Å². The van der Waals surface area contributed by atoms with Crippen molar-refractivity contribution in [2.45, 2.75) is 19.9 Å². The number of nitrogens with one attached hydrogen (secondary N) is 1. The minimum atomic E-state index is -0.155. The number of aromatic nitrogens is 3. The number of benzene rings is 1. The minimum Gasteiger partial charge on any atom is -0.497 e. The average molecular weight is 441 g/mol. The van der Waals surface area contributed by atoms with E-state index in [-0.39, 0.29) is 5.91 Å². The second-order valence-electron chi connectivity index (χ2n) is 7.49. The Kier molecular flexibility index (Phi) is 6.83. The van der Waals surface area contributed by atoms with Crippen molar-refractivity contribution in [3.05, 3.63) is 53.9 Å². The van der Waals surface area contributed by atoms with E-state index in [1.54, 1.807) is 17.7 Å². The molecule has 1 amide bonds. The Morgan fingerprint density at radius 2 is 1.94 bits per heavy atom. The zero-order valence-electron chi connectivity index (χ0n) is 18.0. The van der Waals surface area contributed by atoms with Crippen LogP contribution in [0.15, 0.2) is 42.6 Å². The Balaban J connectivity index is 1.41. The Hall–Kier alpha value is -2.91. The number of rotatable bonds is 8. The van der Waals surface area contributed by atoms with Crippen LogP contribution in [-0.2, 0) is 6.54 Å². The Morgan fingerprint density at radius 3 is 2.71 bits per heavy atom. The molecule has 1 fully saturated rings. The highest BCUT2D eigenvalue weighted by Gasteiger charge is 2.21. The van der Waals surface area contributed by atoms with Gasteiger partial charge in [-0.1, -0.05) is 30.4 Å². The number of carbonyl (C=O) groups excluding carboxylic acids is 1. The number of carbonyl (C=O) groups is 1. The molecule has 0 atom stereocenters. The number of anilines is 1. The van der Waals surface area contributed by atoms with Crippen LogP contribution < -0.4 is 15.0 Å². The maximum absolute atomic E-state index is 12.8. The highest BCUT2D eigenvalue weighted by atomic mass is 32.1. The Bertz CT molecular complexity index is 1010. The normalized spacial score (nSPS) is 14.6. The lowest BCUT2D eigenvalue weighted by Crippen LogP contribution is -2.46. The summed E-state index contributed by atoms with van der Waals surface area (Å²) in [5.74, 6) is 0.616. The number of methoxy groups -OCH3 is 1. The van der Waals surface area contributed by atoms with Gasteiger partial charge in [0.1, 0.15) is 11.4 Å². The molecule has 164 valence electrons. The topological polar surface area (TPSA) is 75.5 Å². The lowest BCUT2D eigenvalue weighted by atomic mass is 10.2. The molecule has 1 aliphatic heterocycles. The number of amides is 1. The molecule has 9 heteroatoms. The number of ether oxygens (including phenoxy) is 1. The maximum atomic E-state index is 12.8. The lowest BCUT2D eigenvalue weighted by molar-refractivity contribution is 0.0944. The number of piperazine rings is 1. The van der Waals surface area contributed by atoms with Crippen molar-refractivity contribution >= 4 is 22.4 Å². The Morgan fingerprint density at radius 1 is 1.13 bits per heavy atom. The third-order valence-electron chi connectivity index (χ3n) is 5.36. The molecule has 4 rings (SSSR count). The summed E-state index contributed by atoms with van der Waals surface area (Å²) in [6, 6.07) is 11.3. The molecule has 31 heavy (non-hydrogen) atoms. The second-order valence-corrected chi connectivity index (χ2v) is 8.43. The van der Waals surface area contributed by atoms with Crippen molar-refractivity contribution in [2.75, 3.05) is 44.7 Å². The van der Waals surface area contributed by atoms with E-state index in [2.05, 4.69) is 32.2 Å². The quantitative estimate of drug-likeness (QED) is 0.581. The molecular formula is C22H28N6O2S. The summed E-state index contributed by atoms with van der Waals surface area (Å²) in [4.78, 5) is 17.6. The predicted molar refractivity (Wildman–Crippen MR) is 122 cm³/mol. The van der Waals surface area contributed by atoms with Crippen LogP contribution in [-0.4, -0.2) is 65.4 Å². The van der Waals surface area contributed by atoms with Crippen LogP contribution in [0.2, 0.25) is 0 Å². The van der Waals surface area contributed by atoms with Crippen LogP contribution in [0.4, 0.5) is 5.13 Å². The Labute approximate surface area is 186 Å². The molecule has 2 aromatic heterocycles. The van der Waals surface area contributed by atoms with E-state index in [0.717, 1.165) is 49.2 Å². The minimum absolute atomic E-state index is 0.155. The molecule has 0 spiro atoms. The summed E-state index contributed by atoms with van der Waals surface area (Å²) < 4.78 is 7.04. The van der Waals surface area contributed by atoms with E-state index >= 15 is 0 Å². The SMILES string of the molecule is CCCN1CCN(c2nnc(-n3cccc3C(=O)NCc3cccc(OC)c3)s2)CC1. The van der Waals surface area contributed by atoms with Crippen molar-refractivity contribution in [3.8, 4) is 10.9 Å². The highest BCUT2D eigenvalue weighted by Crippen LogP contribution is 2.25. The van der Waals surface area contributed by atoms with Gasteiger partial charge in [0, 0.05) is 38.9 Å². The maximum Gasteiger partial charge on any atom is 0.268 e. The van der Waals surface area contributed by atoms with Crippen molar-refractivity contribution < 1.29 is 9.53 Å². The molecule has 8 nitrogen and oxygen atoms in total. The summed E-state index contributed by atoms with van der Waals surface area (Å²) >= 11 is 1.51. The van der Waals surface area contributed by atoms with E-state index in [1.165, 1.54) is 17.8 Å². The van der Waals surface area contributed by atoms with Crippen LogP contribution in [0.5, 0.6) is 5.75 Å². The summed E-state index contributed by atoms with van der Waals surface area (Å²) in [6.07, 6.45) is 3.03. The van der Waals surface area contributed by atoms with Crippen molar-refractivity contribution in [3.63, 3.8) is 0 Å². The zero-order chi connectivity index (χ0) is 21.6. The molecule has 0 radical (unpaired) electrons. The van der Waals surface area contributed by atoms with Gasteiger partial charge in [-0.2, -0.15) is 0 Å². The van der Waals surface area contributed by atoms with Gasteiger partial charge in [0.15, 0.2) is 0 Å². The molecule has 0 saturated carbocycles. The van der Waals surface area contributed by atoms with Crippen LogP contribution in [0, 0.1) is 0 Å². The van der Waals surface area contributed by atoms with Crippen LogP contribution in [0.25, 0.3) is 5.13 Å². The van der Waals surface area contributed by atoms with Gasteiger partial charge in [-0.25, -0.2) is 0 Å². The van der Waals surface area contributed by atoms with Gasteiger partial charge >= 0.3 is 0 Å². The number of hydrogen-bond donors (Lipinski definition) is 1. The van der Waals surface area contributed by atoms with Crippen molar-refractivity contribution in [2.24, 2.45) is 0 Å². The molecule has 1 aliphatic rings. The van der Waals surface area contributed by atoms with Crippen LogP contribution in [0.1, 0.15) is 29.4 Å². The molecule has 1 saturated heterocycles. The average Bonchev–Trinajstić information content (AvgIpc) is 3.48. The molecule has 0 aliphatic carbocycles. The summed E-state index contributed by atoms with van der Waals surface area (Å²) in [5.41, 5.74) is 1.52. The first-order chi connectivity index (χ1) is 15.2. The van der Waals surface area contributed by atoms with E-state index in [4.69, 9.17) is 4.74 Å². The third-order valence-corrected chi connectivity index (χ3v) is 6.34. The van der Waals surface area contributed by atoms with Crippen molar-refractivity contribution in [1.29, 1.82) is 0 Å². The van der Waals surface area contributed by atoms with Gasteiger partial charge < -0.3 is 15.0 Å². The fourth-order valence-corrected chi connectivity index (χ4v) is 4.60. The largest absolute Gasteiger partial charge is 0.497 e. The molecular weight excluding hydrogens is 412 g/mol. The molecule has 0 unspecified atom stereocenters. The lowest BCUT2D eigenvalue weighted by Gasteiger charge is -2.33. The summed E-state index contributed by atoms with van der Waals surface area (Å²) in [7, 11) is 1.63. The molecule has 1 aromatic carbocycles. The first-order valence-electron chi connectivity index (χ1n) is 10.6. The standard InChI is InChI=1S/C22H28N6O2S/c1-3-9-26-11-13-27(14-12-26)21-24-25-22(31-21)28-10-5-8-19(28)20(29)23-16-17-6-4-7-18(15-17)30-2/h4-8,10,15H,3,9,11-14,16H2,1-2H3,(H,23,29). The first-order valence-corrected chi connectivity index (χ1v) is 11.4. The van der Waals surface area contributed by atoms with Gasteiger partial charge in [-0.05, 0) is 42.8 Å². The van der Waals surface area contributed by atoms with Gasteiger partial charge in [-0.3, -0.25) is 14.3 Å². The van der Waals surface area contributed by atoms with E-state index in [0.29, 0.717) is 17.4 Å². The van der Waals surface area contributed by atoms with Crippen LogP contribution in [0.3, 0.4) is 0 Å². The second kappa shape index (κ2) is 9.93. The van der Waals surface area contributed by atoms with Gasteiger partial charge in [0.25, 0.3) is 5.91 Å². The third kappa shape index (κ3) is 5.05. The molecule has 0 bridgehead atoms. The van der Waals surface area contributed by atoms with Gasteiger partial charge in [0.2, 0.25) is 10.3 Å². The molecule has 3 heterocycles. The molecule has 1 N–H and O–H groups in total. The van der Waals surface area contributed by atoms with Crippen molar-refractivity contribution in [1.82, 2.24) is 25.0 Å². The first kappa shape index (κ1) is 21.3. The monoisotopic (exact) mass is 440 g/mol. The van der Waals surface area contributed by atoms with E-state index < -0.39 is 0 Å². The molecule has 3 aromatic rings. The fourth-order valence-electron chi connectivity index (χ4n) is 3.70. The zero-order valence-corrected chi connectivity index (χ0v) is 18.8. The number of hydrogen-bond acceptors (Lipinski definition) is 7. The number of nitrogens with zero attached hydrogens (tertiary/aromatic N) is 5. The van der Waals surface area contributed by atoms with Gasteiger partial charge in [0.05, 0.1) is 7.11 Å². The van der Waals surface area contributed by atoms with Gasteiger partial charge in [-0.15, -0.1) is 10.2 Å². The predicted octanol–water partition coefficient (Wildman–Crippen LogP) is 2.80. The fraction of sp³-hybridized carbons (Fsp3) is 0.409. The highest BCUT2D eigenvalue weighted by molar-refractivity contribution is 7.17. The summed E-state index contributed by atoms with van der Waals surface area (Å²) in [5, 5.41) is 13.3.